The first-order valence-electron chi connectivity index (χ1n) is 19.1. The average molecular weight is 667 g/mol. The highest BCUT2D eigenvalue weighted by atomic mass is 16.6. The number of rotatable bonds is 33. The normalized spacial score (nSPS) is 13.1. The lowest BCUT2D eigenvalue weighted by Crippen LogP contribution is -2.28. The molecular formula is C43H70O5. The van der Waals surface area contributed by atoms with E-state index in [4.69, 9.17) is 9.47 Å². The van der Waals surface area contributed by atoms with Crippen molar-refractivity contribution in [3.63, 3.8) is 0 Å². The van der Waals surface area contributed by atoms with Crippen LogP contribution >= 0.6 is 0 Å². The van der Waals surface area contributed by atoms with Crippen LogP contribution in [0.25, 0.3) is 0 Å². The molecule has 0 aromatic heterocycles. The second-order valence-electron chi connectivity index (χ2n) is 12.3. The first-order valence-corrected chi connectivity index (χ1v) is 19.1. The van der Waals surface area contributed by atoms with E-state index in [-0.39, 0.29) is 31.6 Å². The highest BCUT2D eigenvalue weighted by Gasteiger charge is 2.15. The fraction of sp³-hybridized carbons (Fsp3) is 0.628. The number of carbonyl (C=O) groups is 2. The molecule has 0 aliphatic carbocycles. The highest BCUT2D eigenvalue weighted by Crippen LogP contribution is 2.11. The van der Waals surface area contributed by atoms with Crippen LogP contribution in [0.4, 0.5) is 0 Å². The molecule has 1 N–H and O–H groups in total. The van der Waals surface area contributed by atoms with Crippen LogP contribution in [0.5, 0.6) is 0 Å². The fourth-order valence-corrected chi connectivity index (χ4v) is 4.79. The number of aliphatic hydroxyl groups excluding tert-OH is 1. The molecule has 48 heavy (non-hydrogen) atoms. The molecule has 1 unspecified atom stereocenters. The molecule has 5 heteroatoms. The van der Waals surface area contributed by atoms with Crippen molar-refractivity contribution < 1.29 is 24.2 Å². The standard InChI is InChI=1S/C43H70O5/c1-3-5-7-9-11-13-15-17-19-21-23-25-27-29-31-33-35-37-42(45)47-40-41(39-44)48-43(46)38-36-34-32-30-28-26-24-22-20-18-16-14-12-10-8-6-4-2/h6,8,11-14,17-20,24,26,30,32,41,44H,3-5,7,9-10,15-16,21-23,25,27-29,31,33-40H2,1-2H3. The summed E-state index contributed by atoms with van der Waals surface area (Å²) in [5, 5.41) is 9.54. The largest absolute Gasteiger partial charge is 0.462 e. The molecule has 0 aromatic carbocycles. The van der Waals surface area contributed by atoms with Crippen LogP contribution in [0.1, 0.15) is 155 Å². The Morgan fingerprint density at radius 2 is 0.917 bits per heavy atom. The first-order chi connectivity index (χ1) is 23.6. The third kappa shape index (κ3) is 35.9. The predicted octanol–water partition coefficient (Wildman–Crippen LogP) is 11.9. The van der Waals surface area contributed by atoms with Crippen LogP contribution < -0.4 is 0 Å². The van der Waals surface area contributed by atoms with E-state index in [1.54, 1.807) is 0 Å². The number of aliphatic hydroxyl groups is 1. The maximum absolute atomic E-state index is 12.1. The molecule has 0 fully saturated rings. The van der Waals surface area contributed by atoms with Crippen LogP contribution in [0, 0.1) is 0 Å². The van der Waals surface area contributed by atoms with Crippen molar-refractivity contribution in [1.82, 2.24) is 0 Å². The zero-order valence-corrected chi connectivity index (χ0v) is 30.7. The van der Waals surface area contributed by atoms with Gasteiger partial charge in [-0.15, -0.1) is 0 Å². The van der Waals surface area contributed by atoms with Gasteiger partial charge in [0.2, 0.25) is 0 Å². The zero-order chi connectivity index (χ0) is 35.0. The van der Waals surface area contributed by atoms with Gasteiger partial charge in [-0.3, -0.25) is 9.59 Å². The van der Waals surface area contributed by atoms with Gasteiger partial charge in [-0.25, -0.2) is 0 Å². The van der Waals surface area contributed by atoms with Crippen LogP contribution in [0.15, 0.2) is 85.1 Å². The summed E-state index contributed by atoms with van der Waals surface area (Å²) in [4.78, 5) is 24.2. The molecular weight excluding hydrogens is 596 g/mol. The SMILES string of the molecule is CCC=CCC=CCC=CCC=CCC=CCCCC(=O)OC(CO)COC(=O)CCCCCCCCCC=CCC=CCCCCC. The van der Waals surface area contributed by atoms with Gasteiger partial charge in [-0.1, -0.05) is 144 Å². The number of ether oxygens (including phenoxy) is 2. The number of carbonyl (C=O) groups excluding carboxylic acids is 2. The number of hydrogen-bond acceptors (Lipinski definition) is 5. The molecule has 0 rings (SSSR count). The number of allylic oxidation sites excluding steroid dienone is 14. The van der Waals surface area contributed by atoms with E-state index in [1.807, 2.05) is 0 Å². The predicted molar refractivity (Wildman–Crippen MR) is 205 cm³/mol. The third-order valence-corrected chi connectivity index (χ3v) is 7.67. The van der Waals surface area contributed by atoms with Crippen molar-refractivity contribution in [2.45, 2.75) is 161 Å². The van der Waals surface area contributed by atoms with Gasteiger partial charge < -0.3 is 14.6 Å². The van der Waals surface area contributed by atoms with Crippen LogP contribution in [-0.4, -0.2) is 36.4 Å². The van der Waals surface area contributed by atoms with E-state index in [0.29, 0.717) is 12.8 Å². The van der Waals surface area contributed by atoms with Gasteiger partial charge >= 0.3 is 11.9 Å². The maximum Gasteiger partial charge on any atom is 0.306 e. The van der Waals surface area contributed by atoms with E-state index in [0.717, 1.165) is 70.6 Å². The van der Waals surface area contributed by atoms with Crippen LogP contribution in [0.3, 0.4) is 0 Å². The molecule has 0 aliphatic rings. The van der Waals surface area contributed by atoms with Crippen LogP contribution in [-0.2, 0) is 19.1 Å². The lowest BCUT2D eigenvalue weighted by Gasteiger charge is -2.15. The smallest absolute Gasteiger partial charge is 0.306 e. The Morgan fingerprint density at radius 1 is 0.500 bits per heavy atom. The van der Waals surface area contributed by atoms with Gasteiger partial charge in [0.25, 0.3) is 0 Å². The van der Waals surface area contributed by atoms with Crippen molar-refractivity contribution in [2.75, 3.05) is 13.2 Å². The minimum absolute atomic E-state index is 0.0977. The van der Waals surface area contributed by atoms with E-state index in [1.165, 1.54) is 51.4 Å². The topological polar surface area (TPSA) is 72.8 Å². The van der Waals surface area contributed by atoms with Crippen molar-refractivity contribution in [1.29, 1.82) is 0 Å². The summed E-state index contributed by atoms with van der Waals surface area (Å²) in [5.41, 5.74) is 0. The average Bonchev–Trinajstić information content (AvgIpc) is 3.09. The Labute approximate surface area is 295 Å². The van der Waals surface area contributed by atoms with Crippen molar-refractivity contribution in [2.24, 2.45) is 0 Å². The second kappa shape index (κ2) is 38.5. The van der Waals surface area contributed by atoms with Crippen LogP contribution in [0.2, 0.25) is 0 Å². The Bertz CT molecular complexity index is 937. The Hall–Kier alpha value is -2.92. The molecule has 1 atom stereocenters. The summed E-state index contributed by atoms with van der Waals surface area (Å²) in [6, 6.07) is 0. The number of esters is 2. The lowest BCUT2D eigenvalue weighted by molar-refractivity contribution is -0.161. The van der Waals surface area contributed by atoms with Gasteiger partial charge in [0, 0.05) is 12.8 Å². The van der Waals surface area contributed by atoms with Gasteiger partial charge in [0.15, 0.2) is 6.10 Å². The number of unbranched alkanes of at least 4 members (excludes halogenated alkanes) is 11. The summed E-state index contributed by atoms with van der Waals surface area (Å²) in [7, 11) is 0. The molecule has 0 heterocycles. The fourth-order valence-electron chi connectivity index (χ4n) is 4.79. The summed E-state index contributed by atoms with van der Waals surface area (Å²) in [6.07, 6.45) is 52.1. The van der Waals surface area contributed by atoms with E-state index in [2.05, 4.69) is 98.9 Å². The first kappa shape index (κ1) is 45.1. The molecule has 0 aliphatic heterocycles. The van der Waals surface area contributed by atoms with E-state index < -0.39 is 6.10 Å². The molecule has 0 saturated carbocycles. The Balaban J connectivity index is 3.70. The van der Waals surface area contributed by atoms with Gasteiger partial charge in [0.05, 0.1) is 6.61 Å². The van der Waals surface area contributed by atoms with Gasteiger partial charge in [-0.2, -0.15) is 0 Å². The van der Waals surface area contributed by atoms with Crippen molar-refractivity contribution >= 4 is 11.9 Å². The van der Waals surface area contributed by atoms with Gasteiger partial charge in [0.1, 0.15) is 6.61 Å². The highest BCUT2D eigenvalue weighted by molar-refractivity contribution is 5.70. The lowest BCUT2D eigenvalue weighted by atomic mass is 10.1. The Morgan fingerprint density at radius 3 is 1.42 bits per heavy atom. The minimum atomic E-state index is -0.808. The zero-order valence-electron chi connectivity index (χ0n) is 30.7. The van der Waals surface area contributed by atoms with E-state index in [9.17, 15) is 14.7 Å². The molecule has 0 bridgehead atoms. The summed E-state index contributed by atoms with van der Waals surface area (Å²) < 4.78 is 10.5. The van der Waals surface area contributed by atoms with E-state index >= 15 is 0 Å². The second-order valence-corrected chi connectivity index (χ2v) is 12.3. The monoisotopic (exact) mass is 667 g/mol. The summed E-state index contributed by atoms with van der Waals surface area (Å²) in [6.45, 7) is 3.92. The van der Waals surface area contributed by atoms with Crippen molar-refractivity contribution in [3.8, 4) is 0 Å². The third-order valence-electron chi connectivity index (χ3n) is 7.67. The molecule has 0 spiro atoms. The Kier molecular flexibility index (Phi) is 36.2. The quantitative estimate of drug-likeness (QED) is 0.0429. The minimum Gasteiger partial charge on any atom is -0.462 e. The maximum atomic E-state index is 12.1. The summed E-state index contributed by atoms with van der Waals surface area (Å²) >= 11 is 0. The molecule has 0 amide bonds. The molecule has 0 saturated heterocycles. The summed E-state index contributed by atoms with van der Waals surface area (Å²) in [5.74, 6) is -0.677. The van der Waals surface area contributed by atoms with Gasteiger partial charge in [-0.05, 0) is 83.5 Å². The van der Waals surface area contributed by atoms with Crippen molar-refractivity contribution in [3.05, 3.63) is 85.1 Å². The number of hydrogen-bond donors (Lipinski definition) is 1. The molecule has 0 aromatic rings. The molecule has 272 valence electrons. The molecule has 5 nitrogen and oxygen atoms in total. The molecule has 0 radical (unpaired) electrons.